The SMILES string of the molecule is CN(C)c1ccccc1NC(=O)c1ccc(C(N)=S)cn1. The zero-order chi connectivity index (χ0) is 15.4. The third kappa shape index (κ3) is 3.55. The fourth-order valence-corrected chi connectivity index (χ4v) is 1.95. The Morgan fingerprint density at radius 2 is 1.95 bits per heavy atom. The van der Waals surface area contributed by atoms with E-state index in [4.69, 9.17) is 18.0 Å². The first-order chi connectivity index (χ1) is 9.99. The average Bonchev–Trinajstić information content (AvgIpc) is 2.47. The molecule has 0 atom stereocenters. The molecule has 0 saturated heterocycles. The van der Waals surface area contributed by atoms with Crippen molar-refractivity contribution in [3.05, 3.63) is 53.9 Å². The van der Waals surface area contributed by atoms with Crippen LogP contribution >= 0.6 is 12.2 Å². The quantitative estimate of drug-likeness (QED) is 0.846. The number of hydrogen-bond acceptors (Lipinski definition) is 4. The number of aromatic nitrogens is 1. The van der Waals surface area contributed by atoms with E-state index in [2.05, 4.69) is 10.3 Å². The molecule has 0 saturated carbocycles. The molecule has 0 unspecified atom stereocenters. The smallest absolute Gasteiger partial charge is 0.274 e. The number of benzene rings is 1. The second-order valence-electron chi connectivity index (χ2n) is 4.66. The van der Waals surface area contributed by atoms with Crippen molar-refractivity contribution in [2.24, 2.45) is 5.73 Å². The van der Waals surface area contributed by atoms with Crippen molar-refractivity contribution in [1.29, 1.82) is 0 Å². The van der Waals surface area contributed by atoms with Gasteiger partial charge in [0.1, 0.15) is 10.7 Å². The molecule has 21 heavy (non-hydrogen) atoms. The molecule has 0 radical (unpaired) electrons. The Morgan fingerprint density at radius 3 is 2.52 bits per heavy atom. The first-order valence-electron chi connectivity index (χ1n) is 6.32. The predicted molar refractivity (Wildman–Crippen MR) is 88.8 cm³/mol. The van der Waals surface area contributed by atoms with E-state index in [1.165, 1.54) is 6.20 Å². The van der Waals surface area contributed by atoms with Gasteiger partial charge in [0.2, 0.25) is 0 Å². The highest BCUT2D eigenvalue weighted by molar-refractivity contribution is 7.80. The Balaban J connectivity index is 2.20. The molecule has 1 aromatic carbocycles. The highest BCUT2D eigenvalue weighted by atomic mass is 32.1. The number of para-hydroxylation sites is 2. The summed E-state index contributed by atoms with van der Waals surface area (Å²) < 4.78 is 0. The summed E-state index contributed by atoms with van der Waals surface area (Å²) in [6.07, 6.45) is 1.50. The minimum absolute atomic E-state index is 0.257. The van der Waals surface area contributed by atoms with Crippen LogP contribution in [0.4, 0.5) is 11.4 Å². The molecule has 0 spiro atoms. The maximum Gasteiger partial charge on any atom is 0.274 e. The zero-order valence-electron chi connectivity index (χ0n) is 11.8. The first kappa shape index (κ1) is 14.9. The molecule has 1 aromatic heterocycles. The highest BCUT2D eigenvalue weighted by Gasteiger charge is 2.11. The lowest BCUT2D eigenvalue weighted by Crippen LogP contribution is -2.18. The minimum atomic E-state index is -0.279. The molecule has 0 fully saturated rings. The molecule has 1 heterocycles. The van der Waals surface area contributed by atoms with Gasteiger partial charge >= 0.3 is 0 Å². The van der Waals surface area contributed by atoms with E-state index in [0.29, 0.717) is 11.3 Å². The van der Waals surface area contributed by atoms with Gasteiger partial charge in [0.15, 0.2) is 0 Å². The molecular formula is C15H16N4OS. The van der Waals surface area contributed by atoms with Gasteiger partial charge in [-0.15, -0.1) is 0 Å². The third-order valence-electron chi connectivity index (χ3n) is 2.91. The monoisotopic (exact) mass is 300 g/mol. The van der Waals surface area contributed by atoms with Gasteiger partial charge in [0, 0.05) is 25.9 Å². The molecular weight excluding hydrogens is 284 g/mol. The fourth-order valence-electron chi connectivity index (χ4n) is 1.83. The van der Waals surface area contributed by atoms with Crippen LogP contribution in [0, 0.1) is 0 Å². The van der Waals surface area contributed by atoms with Crippen molar-refractivity contribution < 1.29 is 4.79 Å². The van der Waals surface area contributed by atoms with Crippen molar-refractivity contribution in [3.63, 3.8) is 0 Å². The van der Waals surface area contributed by atoms with E-state index >= 15 is 0 Å². The number of nitrogens with zero attached hydrogens (tertiary/aromatic N) is 2. The lowest BCUT2D eigenvalue weighted by Gasteiger charge is -2.17. The molecule has 0 aliphatic heterocycles. The van der Waals surface area contributed by atoms with Crippen LogP contribution in [-0.2, 0) is 0 Å². The number of carbonyl (C=O) groups is 1. The predicted octanol–water partition coefficient (Wildman–Crippen LogP) is 2.03. The van der Waals surface area contributed by atoms with Gasteiger partial charge in [0.05, 0.1) is 11.4 Å². The topological polar surface area (TPSA) is 71.2 Å². The maximum atomic E-state index is 12.2. The number of amides is 1. The van der Waals surface area contributed by atoms with Gasteiger partial charge < -0.3 is 16.0 Å². The lowest BCUT2D eigenvalue weighted by molar-refractivity contribution is 0.102. The van der Waals surface area contributed by atoms with Crippen molar-refractivity contribution >= 4 is 34.5 Å². The summed E-state index contributed by atoms with van der Waals surface area (Å²) in [6.45, 7) is 0. The van der Waals surface area contributed by atoms with Crippen molar-refractivity contribution in [2.45, 2.75) is 0 Å². The molecule has 3 N–H and O–H groups in total. The standard InChI is InChI=1S/C15H16N4OS/c1-19(2)13-6-4-3-5-11(13)18-15(20)12-8-7-10(9-17-12)14(16)21/h3-9H,1-2H3,(H2,16,21)(H,18,20). The summed E-state index contributed by atoms with van der Waals surface area (Å²) in [7, 11) is 3.83. The second-order valence-corrected chi connectivity index (χ2v) is 5.10. The molecule has 0 aliphatic carbocycles. The summed E-state index contributed by atoms with van der Waals surface area (Å²) in [5.74, 6) is -0.279. The van der Waals surface area contributed by atoms with E-state index in [0.717, 1.165) is 11.4 Å². The van der Waals surface area contributed by atoms with Gasteiger partial charge in [-0.1, -0.05) is 24.4 Å². The normalized spacial score (nSPS) is 10.0. The van der Waals surface area contributed by atoms with Gasteiger partial charge in [-0.3, -0.25) is 9.78 Å². The minimum Gasteiger partial charge on any atom is -0.389 e. The molecule has 6 heteroatoms. The van der Waals surface area contributed by atoms with Crippen LogP contribution in [0.3, 0.4) is 0 Å². The molecule has 0 bridgehead atoms. The molecule has 108 valence electrons. The van der Waals surface area contributed by atoms with Crippen LogP contribution in [0.1, 0.15) is 16.1 Å². The van der Waals surface area contributed by atoms with E-state index < -0.39 is 0 Å². The van der Waals surface area contributed by atoms with E-state index in [1.54, 1.807) is 12.1 Å². The van der Waals surface area contributed by atoms with Crippen LogP contribution in [-0.4, -0.2) is 30.0 Å². The van der Waals surface area contributed by atoms with Crippen LogP contribution in [0.5, 0.6) is 0 Å². The van der Waals surface area contributed by atoms with E-state index in [1.807, 2.05) is 43.3 Å². The number of thiocarbonyl (C=S) groups is 1. The largest absolute Gasteiger partial charge is 0.389 e. The average molecular weight is 300 g/mol. The highest BCUT2D eigenvalue weighted by Crippen LogP contribution is 2.23. The Morgan fingerprint density at radius 1 is 1.24 bits per heavy atom. The van der Waals surface area contributed by atoms with Crippen LogP contribution in [0.2, 0.25) is 0 Å². The Bertz CT molecular complexity index is 668. The number of nitrogens with two attached hydrogens (primary N) is 1. The first-order valence-corrected chi connectivity index (χ1v) is 6.73. The molecule has 2 aromatic rings. The Hall–Kier alpha value is -2.47. The summed E-state index contributed by atoms with van der Waals surface area (Å²) in [5, 5.41) is 2.85. The van der Waals surface area contributed by atoms with Gasteiger partial charge in [-0.05, 0) is 24.3 Å². The number of hydrogen-bond donors (Lipinski definition) is 2. The number of nitrogens with one attached hydrogen (secondary N) is 1. The van der Waals surface area contributed by atoms with Crippen molar-refractivity contribution in [1.82, 2.24) is 4.98 Å². The van der Waals surface area contributed by atoms with E-state index in [-0.39, 0.29) is 10.9 Å². The zero-order valence-corrected chi connectivity index (χ0v) is 12.6. The van der Waals surface area contributed by atoms with Crippen molar-refractivity contribution in [3.8, 4) is 0 Å². The number of carbonyl (C=O) groups excluding carboxylic acids is 1. The summed E-state index contributed by atoms with van der Waals surface area (Å²) in [4.78, 5) is 18.5. The van der Waals surface area contributed by atoms with Gasteiger partial charge in [-0.25, -0.2) is 0 Å². The van der Waals surface area contributed by atoms with Crippen LogP contribution < -0.4 is 16.0 Å². The number of pyridine rings is 1. The molecule has 0 aliphatic rings. The fraction of sp³-hybridized carbons (Fsp3) is 0.133. The second kappa shape index (κ2) is 6.32. The van der Waals surface area contributed by atoms with E-state index in [9.17, 15) is 4.79 Å². The lowest BCUT2D eigenvalue weighted by atomic mass is 10.2. The van der Waals surface area contributed by atoms with Crippen LogP contribution in [0.25, 0.3) is 0 Å². The Kier molecular flexibility index (Phi) is 4.49. The van der Waals surface area contributed by atoms with Crippen molar-refractivity contribution in [2.75, 3.05) is 24.3 Å². The summed E-state index contributed by atoms with van der Waals surface area (Å²) in [6, 6.07) is 10.8. The third-order valence-corrected chi connectivity index (χ3v) is 3.15. The molecule has 2 rings (SSSR count). The van der Waals surface area contributed by atoms with Gasteiger partial charge in [0.25, 0.3) is 5.91 Å². The summed E-state index contributed by atoms with van der Waals surface area (Å²) >= 11 is 4.85. The van der Waals surface area contributed by atoms with Gasteiger partial charge in [-0.2, -0.15) is 0 Å². The summed E-state index contributed by atoms with van der Waals surface area (Å²) in [5.41, 5.74) is 8.10. The number of rotatable bonds is 4. The maximum absolute atomic E-state index is 12.2. The Labute approximate surface area is 128 Å². The molecule has 5 nitrogen and oxygen atoms in total. The molecule has 1 amide bonds. The van der Waals surface area contributed by atoms with Crippen LogP contribution in [0.15, 0.2) is 42.6 Å². The number of anilines is 2.